The van der Waals surface area contributed by atoms with Gasteiger partial charge in [-0.3, -0.25) is 19.6 Å². The van der Waals surface area contributed by atoms with E-state index in [-0.39, 0.29) is 5.56 Å². The lowest BCUT2D eigenvalue weighted by molar-refractivity contribution is -0.134. The number of carbonyl (C=O) groups excluding carboxylic acids is 3. The number of alkyl halides is 2. The van der Waals surface area contributed by atoms with Crippen molar-refractivity contribution in [1.29, 1.82) is 0 Å². The molecule has 0 aliphatic heterocycles. The number of rotatable bonds is 6. The summed E-state index contributed by atoms with van der Waals surface area (Å²) in [4.78, 5) is 34.7. The normalized spacial score (nSPS) is 12.8. The van der Waals surface area contributed by atoms with Crippen LogP contribution in [0, 0.1) is 23.7 Å². The first kappa shape index (κ1) is 24.2. The molecule has 2 aromatic carbocycles. The standard InChI is InChI=1S/C23H19F2N3O4/c1-23(26,22(24)25)19(21(31)28-32)27-20(30)18-12-10-16(11-13-18)5-3-2-4-15-6-8-17(14-29)9-7-15/h6-14,19,22,32H,26H2,1H3,(H,27,30)(H,28,31)/t19-,23?/m1/s1. The molecule has 0 saturated carbocycles. The molecule has 0 aromatic heterocycles. The van der Waals surface area contributed by atoms with Crippen molar-refractivity contribution in [3.8, 4) is 23.7 Å². The van der Waals surface area contributed by atoms with E-state index in [1.807, 2.05) is 0 Å². The quantitative estimate of drug-likeness (QED) is 0.235. The van der Waals surface area contributed by atoms with Crippen LogP contribution in [0.3, 0.4) is 0 Å². The summed E-state index contributed by atoms with van der Waals surface area (Å²) in [5.74, 6) is 8.81. The van der Waals surface area contributed by atoms with Gasteiger partial charge in [-0.2, -0.15) is 0 Å². The number of carbonyl (C=O) groups is 3. The van der Waals surface area contributed by atoms with Crippen molar-refractivity contribution in [3.63, 3.8) is 0 Å². The minimum atomic E-state index is -3.15. The van der Waals surface area contributed by atoms with Crippen molar-refractivity contribution < 1.29 is 28.4 Å². The Labute approximate surface area is 183 Å². The average Bonchev–Trinajstić information content (AvgIpc) is 2.80. The van der Waals surface area contributed by atoms with E-state index in [0.29, 0.717) is 16.7 Å². The number of aldehydes is 1. The smallest absolute Gasteiger partial charge is 0.268 e. The molecule has 0 aliphatic rings. The Bertz CT molecular complexity index is 1110. The number of nitrogens with two attached hydrogens (primary N) is 1. The monoisotopic (exact) mass is 439 g/mol. The molecule has 2 amide bonds. The largest absolute Gasteiger partial charge is 0.338 e. The van der Waals surface area contributed by atoms with Gasteiger partial charge in [0.15, 0.2) is 0 Å². The molecule has 2 aromatic rings. The summed E-state index contributed by atoms with van der Waals surface area (Å²) in [5, 5.41) is 10.9. The highest BCUT2D eigenvalue weighted by atomic mass is 19.3. The maximum atomic E-state index is 13.2. The van der Waals surface area contributed by atoms with Crippen LogP contribution in [-0.2, 0) is 4.79 Å². The van der Waals surface area contributed by atoms with Crippen LogP contribution < -0.4 is 16.5 Å². The Hall–Kier alpha value is -4.05. The van der Waals surface area contributed by atoms with Crippen LogP contribution in [0.25, 0.3) is 0 Å². The fourth-order valence-electron chi connectivity index (χ4n) is 2.47. The lowest BCUT2D eigenvalue weighted by Crippen LogP contribution is -2.66. The predicted molar refractivity (Wildman–Crippen MR) is 112 cm³/mol. The minimum Gasteiger partial charge on any atom is -0.338 e. The second-order valence-electron chi connectivity index (χ2n) is 6.87. The molecule has 0 heterocycles. The molecule has 2 atom stereocenters. The number of hydrogen-bond acceptors (Lipinski definition) is 5. The van der Waals surface area contributed by atoms with Crippen LogP contribution in [0.4, 0.5) is 8.78 Å². The Balaban J connectivity index is 2.09. The topological polar surface area (TPSA) is 122 Å². The number of benzene rings is 2. The van der Waals surface area contributed by atoms with Gasteiger partial charge in [0, 0.05) is 22.3 Å². The lowest BCUT2D eigenvalue weighted by atomic mass is 9.92. The fourth-order valence-corrected chi connectivity index (χ4v) is 2.47. The van der Waals surface area contributed by atoms with E-state index in [1.54, 1.807) is 24.3 Å². The maximum absolute atomic E-state index is 13.2. The zero-order chi connectivity index (χ0) is 23.7. The van der Waals surface area contributed by atoms with E-state index in [4.69, 9.17) is 10.9 Å². The molecule has 9 heteroatoms. The summed E-state index contributed by atoms with van der Waals surface area (Å²) in [6, 6.07) is 10.6. The first-order valence-electron chi connectivity index (χ1n) is 9.18. The van der Waals surface area contributed by atoms with Crippen molar-refractivity contribution in [1.82, 2.24) is 10.8 Å². The number of halogens is 2. The summed E-state index contributed by atoms with van der Waals surface area (Å²) < 4.78 is 26.4. The fraction of sp³-hybridized carbons (Fsp3) is 0.174. The maximum Gasteiger partial charge on any atom is 0.268 e. The van der Waals surface area contributed by atoms with Crippen LogP contribution in [-0.4, -0.2) is 41.3 Å². The van der Waals surface area contributed by atoms with Crippen LogP contribution in [0.5, 0.6) is 0 Å². The minimum absolute atomic E-state index is 0.0673. The Morgan fingerprint density at radius 1 is 1.03 bits per heavy atom. The van der Waals surface area contributed by atoms with Crippen molar-refractivity contribution in [3.05, 3.63) is 70.8 Å². The Morgan fingerprint density at radius 2 is 1.53 bits per heavy atom. The summed E-state index contributed by atoms with van der Waals surface area (Å²) in [6.07, 6.45) is -2.41. The van der Waals surface area contributed by atoms with E-state index in [2.05, 4.69) is 29.0 Å². The van der Waals surface area contributed by atoms with Gasteiger partial charge >= 0.3 is 0 Å². The first-order valence-corrected chi connectivity index (χ1v) is 9.18. The summed E-state index contributed by atoms with van der Waals surface area (Å²) in [7, 11) is 0. The van der Waals surface area contributed by atoms with Crippen molar-refractivity contribution in [2.75, 3.05) is 0 Å². The Kier molecular flexibility index (Phi) is 8.19. The molecule has 0 bridgehead atoms. The second-order valence-corrected chi connectivity index (χ2v) is 6.87. The highest BCUT2D eigenvalue weighted by Crippen LogP contribution is 2.18. The van der Waals surface area contributed by atoms with E-state index in [9.17, 15) is 23.2 Å². The SMILES string of the molecule is CC(N)(C(F)F)[C@H](NC(=O)c1ccc(C#CC#Cc2ccc(C=O)cc2)cc1)C(=O)NO. The molecule has 32 heavy (non-hydrogen) atoms. The zero-order valence-electron chi connectivity index (χ0n) is 16.9. The predicted octanol–water partition coefficient (Wildman–Crippen LogP) is 1.49. The van der Waals surface area contributed by atoms with E-state index >= 15 is 0 Å². The molecule has 0 radical (unpaired) electrons. The van der Waals surface area contributed by atoms with Gasteiger partial charge in [0.2, 0.25) is 0 Å². The van der Waals surface area contributed by atoms with E-state index in [0.717, 1.165) is 13.2 Å². The van der Waals surface area contributed by atoms with Crippen molar-refractivity contribution >= 4 is 18.1 Å². The first-order chi connectivity index (χ1) is 15.2. The molecular weight excluding hydrogens is 420 g/mol. The van der Waals surface area contributed by atoms with Gasteiger partial charge in [-0.05, 0) is 55.2 Å². The van der Waals surface area contributed by atoms with Gasteiger partial charge in [-0.25, -0.2) is 14.3 Å². The molecule has 0 fully saturated rings. The molecular formula is C23H19F2N3O4. The van der Waals surface area contributed by atoms with Crippen LogP contribution >= 0.6 is 0 Å². The van der Waals surface area contributed by atoms with Gasteiger partial charge in [0.25, 0.3) is 18.2 Å². The molecule has 0 spiro atoms. The number of hydroxylamine groups is 1. The highest BCUT2D eigenvalue weighted by Gasteiger charge is 2.44. The molecule has 2 rings (SSSR count). The lowest BCUT2D eigenvalue weighted by Gasteiger charge is -2.32. The number of hydrogen-bond donors (Lipinski definition) is 4. The third-order valence-electron chi connectivity index (χ3n) is 4.41. The summed E-state index contributed by atoms with van der Waals surface area (Å²) in [6.45, 7) is 0.883. The van der Waals surface area contributed by atoms with Gasteiger partial charge < -0.3 is 11.1 Å². The highest BCUT2D eigenvalue weighted by molar-refractivity contribution is 5.98. The van der Waals surface area contributed by atoms with Crippen LogP contribution in [0.1, 0.15) is 38.8 Å². The number of nitrogens with one attached hydrogen (secondary N) is 2. The third-order valence-corrected chi connectivity index (χ3v) is 4.41. The number of amides is 2. The average molecular weight is 439 g/mol. The van der Waals surface area contributed by atoms with Gasteiger partial charge in [0.05, 0.1) is 0 Å². The second kappa shape index (κ2) is 10.8. The third kappa shape index (κ3) is 6.22. The van der Waals surface area contributed by atoms with Gasteiger partial charge in [-0.15, -0.1) is 0 Å². The van der Waals surface area contributed by atoms with Crippen molar-refractivity contribution in [2.24, 2.45) is 5.73 Å². The van der Waals surface area contributed by atoms with Crippen LogP contribution in [0.15, 0.2) is 48.5 Å². The summed E-state index contributed by atoms with van der Waals surface area (Å²) >= 11 is 0. The molecule has 5 N–H and O–H groups in total. The zero-order valence-corrected chi connectivity index (χ0v) is 16.9. The van der Waals surface area contributed by atoms with Gasteiger partial charge in [0.1, 0.15) is 17.9 Å². The molecule has 7 nitrogen and oxygen atoms in total. The molecule has 164 valence electrons. The Morgan fingerprint density at radius 3 is 1.97 bits per heavy atom. The molecule has 1 unspecified atom stereocenters. The molecule has 0 saturated heterocycles. The van der Waals surface area contributed by atoms with Crippen molar-refractivity contribution in [2.45, 2.75) is 24.9 Å². The molecule has 0 aliphatic carbocycles. The van der Waals surface area contributed by atoms with E-state index < -0.39 is 29.8 Å². The van der Waals surface area contributed by atoms with Crippen LogP contribution in [0.2, 0.25) is 0 Å². The van der Waals surface area contributed by atoms with Gasteiger partial charge in [-0.1, -0.05) is 24.0 Å². The van der Waals surface area contributed by atoms with E-state index in [1.165, 1.54) is 29.7 Å². The summed E-state index contributed by atoms with van der Waals surface area (Å²) in [5.41, 5.74) is 6.11.